The topological polar surface area (TPSA) is 63.6 Å². The van der Waals surface area contributed by atoms with E-state index in [-0.39, 0.29) is 5.56 Å². The first-order valence-electron chi connectivity index (χ1n) is 7.16. The highest BCUT2D eigenvalue weighted by Gasteiger charge is 2.18. The fourth-order valence-electron chi connectivity index (χ4n) is 1.96. The van der Waals surface area contributed by atoms with Gasteiger partial charge < -0.3 is 9.84 Å². The summed E-state index contributed by atoms with van der Waals surface area (Å²) in [4.78, 5) is 22.2. The van der Waals surface area contributed by atoms with E-state index in [1.54, 1.807) is 18.2 Å². The molecule has 1 rings (SSSR count). The van der Waals surface area contributed by atoms with E-state index in [9.17, 15) is 9.59 Å². The Kier molecular flexibility index (Phi) is 7.40. The number of carbonyl (C=O) groups excluding carboxylic acids is 1. The van der Waals surface area contributed by atoms with E-state index in [4.69, 9.17) is 9.84 Å². The van der Waals surface area contributed by atoms with E-state index >= 15 is 0 Å². The molecule has 0 atom stereocenters. The van der Waals surface area contributed by atoms with Gasteiger partial charge in [0.25, 0.3) is 5.78 Å². The van der Waals surface area contributed by atoms with Crippen LogP contribution in [0.2, 0.25) is 0 Å². The van der Waals surface area contributed by atoms with Crippen molar-refractivity contribution < 1.29 is 19.4 Å². The highest BCUT2D eigenvalue weighted by Crippen LogP contribution is 2.19. The molecule has 4 nitrogen and oxygen atoms in total. The third-order valence-electron chi connectivity index (χ3n) is 3.08. The largest absolute Gasteiger partial charge is 0.493 e. The Morgan fingerprint density at radius 1 is 1.05 bits per heavy atom. The van der Waals surface area contributed by atoms with Crippen molar-refractivity contribution >= 4 is 11.8 Å². The average molecular weight is 278 g/mol. The number of aliphatic carboxylic acids is 1. The van der Waals surface area contributed by atoms with E-state index in [2.05, 4.69) is 6.92 Å². The highest BCUT2D eigenvalue weighted by atomic mass is 16.5. The number of para-hydroxylation sites is 1. The van der Waals surface area contributed by atoms with Crippen molar-refractivity contribution in [3.8, 4) is 5.75 Å². The zero-order valence-corrected chi connectivity index (χ0v) is 11.9. The third kappa shape index (κ3) is 5.43. The molecule has 0 aliphatic heterocycles. The zero-order chi connectivity index (χ0) is 14.8. The molecule has 0 saturated heterocycles. The van der Waals surface area contributed by atoms with Crippen LogP contribution in [0.3, 0.4) is 0 Å². The van der Waals surface area contributed by atoms with E-state index in [0.29, 0.717) is 12.4 Å². The molecule has 0 aliphatic rings. The minimum absolute atomic E-state index is 0.117. The Bertz CT molecular complexity index is 440. The monoisotopic (exact) mass is 278 g/mol. The molecule has 0 spiro atoms. The van der Waals surface area contributed by atoms with Crippen molar-refractivity contribution in [2.45, 2.75) is 45.4 Å². The lowest BCUT2D eigenvalue weighted by Crippen LogP contribution is -2.14. The normalized spacial score (nSPS) is 10.2. The molecule has 0 aromatic heterocycles. The number of carboxylic acid groups (broad SMARTS) is 1. The van der Waals surface area contributed by atoms with E-state index < -0.39 is 11.8 Å². The van der Waals surface area contributed by atoms with Crippen molar-refractivity contribution in [3.63, 3.8) is 0 Å². The number of rotatable bonds is 10. The van der Waals surface area contributed by atoms with Crippen LogP contribution in [0.1, 0.15) is 55.8 Å². The standard InChI is InChI=1S/C16H22O4/c1-2-3-4-5-6-9-12-20-14-11-8-7-10-13(14)15(17)16(18)19/h7-8,10-11H,2-6,9,12H2,1H3,(H,18,19). The van der Waals surface area contributed by atoms with Gasteiger partial charge in [-0.05, 0) is 18.6 Å². The number of hydrogen-bond acceptors (Lipinski definition) is 3. The van der Waals surface area contributed by atoms with Crippen LogP contribution < -0.4 is 4.74 Å². The number of benzene rings is 1. The second kappa shape index (κ2) is 9.13. The minimum Gasteiger partial charge on any atom is -0.493 e. The third-order valence-corrected chi connectivity index (χ3v) is 3.08. The predicted molar refractivity (Wildman–Crippen MR) is 77.3 cm³/mol. The number of carboxylic acids is 1. The smallest absolute Gasteiger partial charge is 0.377 e. The second-order valence-electron chi connectivity index (χ2n) is 4.75. The van der Waals surface area contributed by atoms with Crippen molar-refractivity contribution in [1.29, 1.82) is 0 Å². The van der Waals surface area contributed by atoms with Gasteiger partial charge in [-0.2, -0.15) is 0 Å². The van der Waals surface area contributed by atoms with Gasteiger partial charge >= 0.3 is 5.97 Å². The molecule has 0 amide bonds. The van der Waals surface area contributed by atoms with Gasteiger partial charge in [0, 0.05) is 0 Å². The molecule has 20 heavy (non-hydrogen) atoms. The molecule has 0 radical (unpaired) electrons. The number of ketones is 1. The summed E-state index contributed by atoms with van der Waals surface area (Å²) < 4.78 is 5.53. The van der Waals surface area contributed by atoms with Crippen LogP contribution in [0.25, 0.3) is 0 Å². The Balaban J connectivity index is 2.40. The number of ether oxygens (including phenoxy) is 1. The van der Waals surface area contributed by atoms with Gasteiger partial charge in [-0.25, -0.2) is 4.79 Å². The van der Waals surface area contributed by atoms with Gasteiger partial charge in [-0.1, -0.05) is 51.2 Å². The number of hydrogen-bond donors (Lipinski definition) is 1. The Hall–Kier alpha value is -1.84. The Morgan fingerprint density at radius 3 is 2.40 bits per heavy atom. The first kappa shape index (κ1) is 16.2. The van der Waals surface area contributed by atoms with Gasteiger partial charge in [0.2, 0.25) is 0 Å². The molecule has 0 unspecified atom stereocenters. The molecular weight excluding hydrogens is 256 g/mol. The minimum atomic E-state index is -1.46. The molecular formula is C16H22O4. The number of carbonyl (C=O) groups is 2. The van der Waals surface area contributed by atoms with Crippen molar-refractivity contribution in [2.24, 2.45) is 0 Å². The van der Waals surface area contributed by atoms with Crippen LogP contribution in [-0.4, -0.2) is 23.5 Å². The second-order valence-corrected chi connectivity index (χ2v) is 4.75. The maximum Gasteiger partial charge on any atom is 0.377 e. The summed E-state index contributed by atoms with van der Waals surface area (Å²) in [6.07, 6.45) is 6.92. The zero-order valence-electron chi connectivity index (χ0n) is 11.9. The van der Waals surface area contributed by atoms with Crippen molar-refractivity contribution in [1.82, 2.24) is 0 Å². The van der Waals surface area contributed by atoms with Gasteiger partial charge in [-0.15, -0.1) is 0 Å². The summed E-state index contributed by atoms with van der Waals surface area (Å²) in [7, 11) is 0. The van der Waals surface area contributed by atoms with Gasteiger partial charge in [0.1, 0.15) is 5.75 Å². The molecule has 110 valence electrons. The molecule has 0 aliphatic carbocycles. The number of Topliss-reactive ketones (excluding diaryl/α,β-unsaturated/α-hetero) is 1. The maximum atomic E-state index is 11.5. The summed E-state index contributed by atoms with van der Waals surface area (Å²) in [5, 5.41) is 8.75. The summed E-state index contributed by atoms with van der Waals surface area (Å²) in [6.45, 7) is 2.69. The predicted octanol–water partition coefficient (Wildman–Crippen LogP) is 3.69. The lowest BCUT2D eigenvalue weighted by atomic mass is 10.1. The lowest BCUT2D eigenvalue weighted by Gasteiger charge is -2.09. The molecule has 4 heteroatoms. The SMILES string of the molecule is CCCCCCCCOc1ccccc1C(=O)C(=O)O. The van der Waals surface area contributed by atoms with Crippen molar-refractivity contribution in [3.05, 3.63) is 29.8 Å². The quantitative estimate of drug-likeness (QED) is 0.403. The van der Waals surface area contributed by atoms with Gasteiger partial charge in [0.15, 0.2) is 0 Å². The summed E-state index contributed by atoms with van der Waals surface area (Å²) >= 11 is 0. The molecule has 0 saturated carbocycles. The summed E-state index contributed by atoms with van der Waals surface area (Å²) in [5.41, 5.74) is 0.117. The number of unbranched alkanes of at least 4 members (excludes halogenated alkanes) is 5. The van der Waals surface area contributed by atoms with Crippen LogP contribution in [0, 0.1) is 0 Å². The van der Waals surface area contributed by atoms with E-state index in [1.165, 1.54) is 31.7 Å². The maximum absolute atomic E-state index is 11.5. The highest BCUT2D eigenvalue weighted by molar-refractivity contribution is 6.40. The molecule has 0 bridgehead atoms. The van der Waals surface area contributed by atoms with E-state index in [0.717, 1.165) is 12.8 Å². The first-order chi connectivity index (χ1) is 9.66. The Morgan fingerprint density at radius 2 is 1.70 bits per heavy atom. The molecule has 0 heterocycles. The fourth-order valence-corrected chi connectivity index (χ4v) is 1.96. The van der Waals surface area contributed by atoms with Crippen LogP contribution in [-0.2, 0) is 4.79 Å². The lowest BCUT2D eigenvalue weighted by molar-refractivity contribution is -0.131. The molecule has 1 aromatic rings. The van der Waals surface area contributed by atoms with Crippen LogP contribution in [0.4, 0.5) is 0 Å². The molecule has 1 aromatic carbocycles. The summed E-state index contributed by atoms with van der Waals surface area (Å²) in [6, 6.07) is 6.48. The molecule has 1 N–H and O–H groups in total. The summed E-state index contributed by atoms with van der Waals surface area (Å²) in [5.74, 6) is -2.03. The van der Waals surface area contributed by atoms with Gasteiger partial charge in [-0.3, -0.25) is 4.79 Å². The average Bonchev–Trinajstić information content (AvgIpc) is 2.46. The van der Waals surface area contributed by atoms with Gasteiger partial charge in [0.05, 0.1) is 12.2 Å². The van der Waals surface area contributed by atoms with Crippen LogP contribution in [0.15, 0.2) is 24.3 Å². The van der Waals surface area contributed by atoms with Crippen LogP contribution >= 0.6 is 0 Å². The fraction of sp³-hybridized carbons (Fsp3) is 0.500. The van der Waals surface area contributed by atoms with Crippen molar-refractivity contribution in [2.75, 3.05) is 6.61 Å². The van der Waals surface area contributed by atoms with Crippen LogP contribution in [0.5, 0.6) is 5.75 Å². The molecule has 0 fully saturated rings. The van der Waals surface area contributed by atoms with E-state index in [1.807, 2.05) is 0 Å². The Labute approximate surface area is 119 Å². The first-order valence-corrected chi connectivity index (χ1v) is 7.16.